The van der Waals surface area contributed by atoms with E-state index in [4.69, 9.17) is 16.3 Å². The molecule has 6 nitrogen and oxygen atoms in total. The van der Waals surface area contributed by atoms with Crippen LogP contribution in [-0.4, -0.2) is 27.8 Å². The molecular formula is C18H19ClN4O2S. The van der Waals surface area contributed by atoms with Crippen molar-refractivity contribution in [3.05, 3.63) is 51.6 Å². The van der Waals surface area contributed by atoms with Gasteiger partial charge >= 0.3 is 0 Å². The lowest BCUT2D eigenvalue weighted by molar-refractivity contribution is 0.0937. The SMILES string of the molecule is COc1nn(C)cc1C(=O)NC(C)c1sc(-c2ccc(Cl)cc2)nc1C. The van der Waals surface area contributed by atoms with Crippen molar-refractivity contribution in [1.82, 2.24) is 20.1 Å². The van der Waals surface area contributed by atoms with Gasteiger partial charge in [-0.25, -0.2) is 4.98 Å². The van der Waals surface area contributed by atoms with Crippen LogP contribution in [0.2, 0.25) is 5.02 Å². The number of thiazole rings is 1. The second-order valence-corrected chi connectivity index (χ2v) is 7.36. The van der Waals surface area contributed by atoms with Gasteiger partial charge in [0.25, 0.3) is 5.91 Å². The van der Waals surface area contributed by atoms with Gasteiger partial charge in [0.05, 0.1) is 23.7 Å². The lowest BCUT2D eigenvalue weighted by atomic mass is 10.2. The normalized spacial score (nSPS) is 12.0. The number of amides is 1. The first-order chi connectivity index (χ1) is 12.4. The number of benzene rings is 1. The second kappa shape index (κ2) is 7.47. The van der Waals surface area contributed by atoms with Crippen LogP contribution in [0, 0.1) is 6.92 Å². The van der Waals surface area contributed by atoms with Crippen LogP contribution in [-0.2, 0) is 7.05 Å². The Balaban J connectivity index is 1.80. The van der Waals surface area contributed by atoms with E-state index in [2.05, 4.69) is 15.4 Å². The summed E-state index contributed by atoms with van der Waals surface area (Å²) in [6.45, 7) is 3.88. The minimum Gasteiger partial charge on any atom is -0.479 e. The van der Waals surface area contributed by atoms with E-state index in [0.29, 0.717) is 16.5 Å². The van der Waals surface area contributed by atoms with Crippen molar-refractivity contribution in [3.8, 4) is 16.5 Å². The molecule has 26 heavy (non-hydrogen) atoms. The van der Waals surface area contributed by atoms with Crippen molar-refractivity contribution >= 4 is 28.8 Å². The number of methoxy groups -OCH3 is 1. The number of nitrogens with one attached hydrogen (secondary N) is 1. The van der Waals surface area contributed by atoms with Crippen molar-refractivity contribution in [1.29, 1.82) is 0 Å². The average molecular weight is 391 g/mol. The number of carbonyl (C=O) groups is 1. The number of ether oxygens (including phenoxy) is 1. The zero-order valence-corrected chi connectivity index (χ0v) is 16.5. The molecule has 2 aromatic heterocycles. The first-order valence-corrected chi connectivity index (χ1v) is 9.20. The van der Waals surface area contributed by atoms with Crippen LogP contribution in [0.5, 0.6) is 5.88 Å². The average Bonchev–Trinajstić information content (AvgIpc) is 3.18. The van der Waals surface area contributed by atoms with Gasteiger partial charge < -0.3 is 10.1 Å². The fraction of sp³-hybridized carbons (Fsp3) is 0.278. The number of nitrogens with zero attached hydrogens (tertiary/aromatic N) is 3. The smallest absolute Gasteiger partial charge is 0.258 e. The van der Waals surface area contributed by atoms with Crippen LogP contribution >= 0.6 is 22.9 Å². The Morgan fingerprint density at radius 1 is 1.35 bits per heavy atom. The molecule has 1 aromatic carbocycles. The first-order valence-electron chi connectivity index (χ1n) is 8.00. The van der Waals surface area contributed by atoms with Crippen LogP contribution in [0.3, 0.4) is 0 Å². The maximum atomic E-state index is 12.6. The van der Waals surface area contributed by atoms with Crippen LogP contribution in [0.4, 0.5) is 0 Å². The first kappa shape index (κ1) is 18.4. The van der Waals surface area contributed by atoms with Crippen LogP contribution in [0.25, 0.3) is 10.6 Å². The van der Waals surface area contributed by atoms with Gasteiger partial charge in [-0.15, -0.1) is 16.4 Å². The molecule has 8 heteroatoms. The molecule has 1 amide bonds. The van der Waals surface area contributed by atoms with Crippen molar-refractivity contribution in [3.63, 3.8) is 0 Å². The van der Waals surface area contributed by atoms with E-state index in [1.165, 1.54) is 7.11 Å². The third-order valence-corrected chi connectivity index (χ3v) is 5.54. The lowest BCUT2D eigenvalue weighted by Gasteiger charge is -2.12. The molecule has 0 bridgehead atoms. The van der Waals surface area contributed by atoms with Crippen molar-refractivity contribution in [2.45, 2.75) is 19.9 Å². The highest BCUT2D eigenvalue weighted by Crippen LogP contribution is 2.32. The van der Waals surface area contributed by atoms with Crippen LogP contribution in [0.15, 0.2) is 30.5 Å². The monoisotopic (exact) mass is 390 g/mol. The third-order valence-electron chi connectivity index (χ3n) is 3.90. The number of hydrogen-bond acceptors (Lipinski definition) is 5. The highest BCUT2D eigenvalue weighted by molar-refractivity contribution is 7.15. The van der Waals surface area contributed by atoms with E-state index in [0.717, 1.165) is 21.1 Å². The summed E-state index contributed by atoms with van der Waals surface area (Å²) in [6.07, 6.45) is 1.64. The highest BCUT2D eigenvalue weighted by atomic mass is 35.5. The fourth-order valence-corrected chi connectivity index (χ4v) is 3.84. The Kier molecular flexibility index (Phi) is 5.29. The van der Waals surface area contributed by atoms with Gasteiger partial charge in [-0.2, -0.15) is 0 Å². The number of aromatic nitrogens is 3. The number of hydrogen-bond donors (Lipinski definition) is 1. The van der Waals surface area contributed by atoms with E-state index in [-0.39, 0.29) is 11.9 Å². The molecule has 1 atom stereocenters. The molecule has 0 saturated heterocycles. The van der Waals surface area contributed by atoms with Gasteiger partial charge in [-0.1, -0.05) is 23.7 Å². The second-order valence-electron chi connectivity index (χ2n) is 5.90. The van der Waals surface area contributed by atoms with Gasteiger partial charge in [0.1, 0.15) is 10.6 Å². The van der Waals surface area contributed by atoms with Crippen molar-refractivity contribution in [2.75, 3.05) is 7.11 Å². The van der Waals surface area contributed by atoms with Gasteiger partial charge in [-0.05, 0) is 26.0 Å². The van der Waals surface area contributed by atoms with Crippen LogP contribution < -0.4 is 10.1 Å². The summed E-state index contributed by atoms with van der Waals surface area (Å²) in [5.74, 6) is 0.0726. The van der Waals surface area contributed by atoms with Gasteiger partial charge in [0.15, 0.2) is 0 Å². The zero-order chi connectivity index (χ0) is 18.8. The molecule has 0 aliphatic carbocycles. The summed E-state index contributed by atoms with van der Waals surface area (Å²) >= 11 is 7.50. The molecular weight excluding hydrogens is 372 g/mol. The maximum absolute atomic E-state index is 12.6. The van der Waals surface area contributed by atoms with E-state index < -0.39 is 0 Å². The van der Waals surface area contributed by atoms with Crippen molar-refractivity contribution in [2.24, 2.45) is 7.05 Å². The molecule has 3 aromatic rings. The minimum atomic E-state index is -0.233. The molecule has 3 rings (SSSR count). The molecule has 0 radical (unpaired) electrons. The summed E-state index contributed by atoms with van der Waals surface area (Å²) in [7, 11) is 3.24. The molecule has 0 spiro atoms. The van der Waals surface area contributed by atoms with Gasteiger partial charge in [0.2, 0.25) is 5.88 Å². The number of rotatable bonds is 5. The molecule has 1 unspecified atom stereocenters. The van der Waals surface area contributed by atoms with Gasteiger partial charge in [0, 0.05) is 23.8 Å². The lowest BCUT2D eigenvalue weighted by Crippen LogP contribution is -2.26. The zero-order valence-electron chi connectivity index (χ0n) is 14.9. The summed E-state index contributed by atoms with van der Waals surface area (Å²) in [6, 6.07) is 7.37. The standard InChI is InChI=1S/C18H19ClN4O2S/c1-10(20-16(24)14-9-23(3)22-17(14)25-4)15-11(2)21-18(26-15)12-5-7-13(19)8-6-12/h5-10H,1-4H3,(H,20,24). The highest BCUT2D eigenvalue weighted by Gasteiger charge is 2.21. The Morgan fingerprint density at radius 3 is 2.69 bits per heavy atom. The Bertz CT molecular complexity index is 933. The maximum Gasteiger partial charge on any atom is 0.258 e. The Morgan fingerprint density at radius 2 is 2.04 bits per heavy atom. The fourth-order valence-electron chi connectivity index (χ4n) is 2.64. The van der Waals surface area contributed by atoms with E-state index in [9.17, 15) is 4.79 Å². The molecule has 0 aliphatic heterocycles. The van der Waals surface area contributed by atoms with Crippen LogP contribution in [0.1, 0.15) is 33.9 Å². The quantitative estimate of drug-likeness (QED) is 0.714. The molecule has 136 valence electrons. The minimum absolute atomic E-state index is 0.189. The molecule has 2 heterocycles. The summed E-state index contributed by atoms with van der Waals surface area (Å²) in [5.41, 5.74) is 2.30. The Labute approximate surface area is 160 Å². The van der Waals surface area contributed by atoms with E-state index in [1.807, 2.05) is 38.1 Å². The van der Waals surface area contributed by atoms with E-state index in [1.54, 1.807) is 29.3 Å². The Hall–Kier alpha value is -2.38. The predicted octanol–water partition coefficient (Wildman–Crippen LogP) is 4.01. The van der Waals surface area contributed by atoms with E-state index >= 15 is 0 Å². The number of aryl methyl sites for hydroxylation is 2. The summed E-state index contributed by atoms with van der Waals surface area (Å²) < 4.78 is 6.71. The third kappa shape index (κ3) is 3.73. The largest absolute Gasteiger partial charge is 0.479 e. The van der Waals surface area contributed by atoms with Gasteiger partial charge in [-0.3, -0.25) is 9.48 Å². The summed E-state index contributed by atoms with van der Waals surface area (Å²) in [5, 5.41) is 8.69. The van der Waals surface area contributed by atoms with Crippen molar-refractivity contribution < 1.29 is 9.53 Å². The topological polar surface area (TPSA) is 69.0 Å². The molecule has 0 aliphatic rings. The molecule has 0 saturated carbocycles. The summed E-state index contributed by atoms with van der Waals surface area (Å²) in [4.78, 5) is 18.2. The number of halogens is 1. The molecule has 1 N–H and O–H groups in total. The molecule has 0 fully saturated rings. The predicted molar refractivity (Wildman–Crippen MR) is 103 cm³/mol. The number of carbonyl (C=O) groups excluding carboxylic acids is 1.